The lowest BCUT2D eigenvalue weighted by atomic mass is 10.3. The van der Waals surface area contributed by atoms with Crippen LogP contribution < -0.4 is 9.80 Å². The Morgan fingerprint density at radius 1 is 1.20 bits per heavy atom. The Morgan fingerprint density at radius 3 is 2.55 bits per heavy atom. The van der Waals surface area contributed by atoms with E-state index < -0.39 is 0 Å². The highest BCUT2D eigenvalue weighted by atomic mass is 35.5. The number of nitrogens with zero attached hydrogens (tertiary/aromatic N) is 4. The molecule has 1 saturated heterocycles. The number of hydrogen-bond donors (Lipinski definition) is 0. The summed E-state index contributed by atoms with van der Waals surface area (Å²) in [5, 5.41) is 0.695. The second-order valence-corrected chi connectivity index (χ2v) is 5.86. The topological polar surface area (TPSA) is 35.8 Å². The van der Waals surface area contributed by atoms with Crippen LogP contribution >= 0.6 is 11.6 Å². The van der Waals surface area contributed by atoms with Gasteiger partial charge in [0.2, 0.25) is 0 Å². The van der Waals surface area contributed by atoms with E-state index in [4.69, 9.17) is 16.0 Å². The van der Waals surface area contributed by atoms with Gasteiger partial charge in [0, 0.05) is 46.3 Å². The summed E-state index contributed by atoms with van der Waals surface area (Å²) in [4.78, 5) is 11.0. The summed E-state index contributed by atoms with van der Waals surface area (Å²) in [5.41, 5.74) is 2.54. The van der Waals surface area contributed by atoms with E-state index in [2.05, 4.69) is 21.8 Å². The molecule has 20 heavy (non-hydrogen) atoms. The maximum absolute atomic E-state index is 6.27. The zero-order valence-corrected chi connectivity index (χ0v) is 12.8. The molecule has 0 spiro atoms. The van der Waals surface area contributed by atoms with Gasteiger partial charge in [-0.3, -0.25) is 0 Å². The molecule has 0 unspecified atom stereocenters. The molecule has 1 fully saturated rings. The molecule has 108 valence electrons. The van der Waals surface area contributed by atoms with E-state index in [9.17, 15) is 0 Å². The highest BCUT2D eigenvalue weighted by Crippen LogP contribution is 2.32. The van der Waals surface area contributed by atoms with Crippen LogP contribution in [-0.4, -0.2) is 57.2 Å². The largest absolute Gasteiger partial charge is 0.423 e. The number of anilines is 2. The Hall–Kier alpha value is -1.46. The van der Waals surface area contributed by atoms with Gasteiger partial charge in [-0.15, -0.1) is 0 Å². The fraction of sp³-hybridized carbons (Fsp3) is 0.500. The highest BCUT2D eigenvalue weighted by molar-refractivity contribution is 6.34. The summed E-state index contributed by atoms with van der Waals surface area (Å²) in [7, 11) is 6.06. The van der Waals surface area contributed by atoms with Gasteiger partial charge in [-0.1, -0.05) is 11.6 Å². The average molecular weight is 295 g/mol. The zero-order valence-electron chi connectivity index (χ0n) is 12.1. The van der Waals surface area contributed by atoms with Crippen LogP contribution in [0.5, 0.6) is 0 Å². The van der Waals surface area contributed by atoms with Gasteiger partial charge >= 0.3 is 0 Å². The zero-order chi connectivity index (χ0) is 14.3. The van der Waals surface area contributed by atoms with E-state index in [0.29, 0.717) is 11.0 Å². The quantitative estimate of drug-likeness (QED) is 0.849. The normalized spacial score (nSPS) is 16.9. The van der Waals surface area contributed by atoms with Crippen molar-refractivity contribution in [1.29, 1.82) is 0 Å². The number of benzene rings is 1. The molecule has 0 atom stereocenters. The van der Waals surface area contributed by atoms with Crippen LogP contribution in [0.15, 0.2) is 16.5 Å². The molecule has 5 nitrogen and oxygen atoms in total. The van der Waals surface area contributed by atoms with Gasteiger partial charge in [0.25, 0.3) is 6.01 Å². The Bertz CT molecular complexity index is 617. The first-order chi connectivity index (χ1) is 9.54. The molecule has 0 bridgehead atoms. The Balaban J connectivity index is 1.94. The van der Waals surface area contributed by atoms with E-state index >= 15 is 0 Å². The van der Waals surface area contributed by atoms with Crippen LogP contribution in [0, 0.1) is 0 Å². The summed E-state index contributed by atoms with van der Waals surface area (Å²) in [6, 6.07) is 4.51. The van der Waals surface area contributed by atoms with Gasteiger partial charge in [0.1, 0.15) is 5.52 Å². The Labute approximate surface area is 123 Å². The maximum Gasteiger partial charge on any atom is 0.298 e. The summed E-state index contributed by atoms with van der Waals surface area (Å²) < 4.78 is 5.90. The summed E-state index contributed by atoms with van der Waals surface area (Å²) in [6.07, 6.45) is 0. The van der Waals surface area contributed by atoms with Crippen LogP contribution in [0.4, 0.5) is 11.7 Å². The number of piperazine rings is 1. The highest BCUT2D eigenvalue weighted by Gasteiger charge is 2.19. The van der Waals surface area contributed by atoms with E-state index in [1.807, 2.05) is 31.1 Å². The van der Waals surface area contributed by atoms with E-state index in [1.165, 1.54) is 0 Å². The molecule has 2 heterocycles. The summed E-state index contributed by atoms with van der Waals surface area (Å²) >= 11 is 6.27. The minimum absolute atomic E-state index is 0.695. The van der Waals surface area contributed by atoms with Crippen molar-refractivity contribution in [2.45, 2.75) is 0 Å². The van der Waals surface area contributed by atoms with Crippen molar-refractivity contribution >= 4 is 34.4 Å². The Morgan fingerprint density at radius 2 is 1.90 bits per heavy atom. The van der Waals surface area contributed by atoms with Crippen molar-refractivity contribution in [3.63, 3.8) is 0 Å². The number of oxazole rings is 1. The lowest BCUT2D eigenvalue weighted by Gasteiger charge is -2.31. The molecule has 0 N–H and O–H groups in total. The minimum Gasteiger partial charge on any atom is -0.423 e. The molecule has 6 heteroatoms. The SMILES string of the molecule is CN1CCN(c2nc3cc(Cl)c(N(C)C)cc3o2)CC1. The van der Waals surface area contributed by atoms with Crippen LogP contribution in [0.1, 0.15) is 0 Å². The second kappa shape index (κ2) is 5.14. The van der Waals surface area contributed by atoms with Gasteiger partial charge in [0.05, 0.1) is 10.7 Å². The standard InChI is InChI=1S/C14H19ClN4O/c1-17(2)12-9-13-11(8-10(12)15)16-14(20-13)19-6-4-18(3)5-7-19/h8-9H,4-7H2,1-3H3. The molecule has 0 radical (unpaired) electrons. The van der Waals surface area contributed by atoms with Crippen molar-refractivity contribution in [1.82, 2.24) is 9.88 Å². The van der Waals surface area contributed by atoms with Crippen molar-refractivity contribution in [2.24, 2.45) is 0 Å². The number of fused-ring (bicyclic) bond motifs is 1. The molecule has 0 amide bonds. The van der Waals surface area contributed by atoms with Crippen LogP contribution in [0.25, 0.3) is 11.1 Å². The number of rotatable bonds is 2. The molecule has 0 saturated carbocycles. The number of likely N-dealkylation sites (N-methyl/N-ethyl adjacent to an activating group) is 1. The smallest absolute Gasteiger partial charge is 0.298 e. The summed E-state index contributed by atoms with van der Waals surface area (Å²) in [5.74, 6) is 0. The number of halogens is 1. The van der Waals surface area contributed by atoms with E-state index in [0.717, 1.165) is 43.0 Å². The Kier molecular flexibility index (Phi) is 3.48. The molecular weight excluding hydrogens is 276 g/mol. The van der Waals surface area contributed by atoms with Crippen molar-refractivity contribution in [2.75, 3.05) is 57.1 Å². The van der Waals surface area contributed by atoms with Crippen molar-refractivity contribution in [3.8, 4) is 0 Å². The molecule has 3 rings (SSSR count). The molecule has 1 aliphatic heterocycles. The van der Waals surface area contributed by atoms with Gasteiger partial charge < -0.3 is 19.1 Å². The maximum atomic E-state index is 6.27. The predicted octanol–water partition coefficient (Wildman–Crippen LogP) is 2.30. The van der Waals surface area contributed by atoms with Crippen LogP contribution in [0.2, 0.25) is 5.02 Å². The number of hydrogen-bond acceptors (Lipinski definition) is 5. The first-order valence-corrected chi connectivity index (χ1v) is 7.13. The molecule has 0 aliphatic carbocycles. The van der Waals surface area contributed by atoms with Crippen LogP contribution in [0.3, 0.4) is 0 Å². The van der Waals surface area contributed by atoms with E-state index in [1.54, 1.807) is 0 Å². The van der Waals surface area contributed by atoms with Crippen molar-refractivity contribution in [3.05, 3.63) is 17.2 Å². The minimum atomic E-state index is 0.695. The lowest BCUT2D eigenvalue weighted by molar-refractivity contribution is 0.305. The first-order valence-electron chi connectivity index (χ1n) is 6.75. The predicted molar refractivity (Wildman–Crippen MR) is 83.1 cm³/mol. The van der Waals surface area contributed by atoms with Crippen molar-refractivity contribution < 1.29 is 4.42 Å². The molecule has 1 aromatic heterocycles. The third kappa shape index (κ3) is 2.43. The molecule has 2 aromatic rings. The third-order valence-electron chi connectivity index (χ3n) is 3.70. The molecular formula is C14H19ClN4O. The molecule has 1 aromatic carbocycles. The average Bonchev–Trinajstić information content (AvgIpc) is 2.81. The second-order valence-electron chi connectivity index (χ2n) is 5.45. The third-order valence-corrected chi connectivity index (χ3v) is 4.00. The fourth-order valence-electron chi connectivity index (χ4n) is 2.40. The first kappa shape index (κ1) is 13.5. The molecule has 1 aliphatic rings. The van der Waals surface area contributed by atoms with Gasteiger partial charge in [0.15, 0.2) is 5.58 Å². The lowest BCUT2D eigenvalue weighted by Crippen LogP contribution is -2.44. The van der Waals surface area contributed by atoms with Gasteiger partial charge in [-0.25, -0.2) is 0 Å². The van der Waals surface area contributed by atoms with E-state index in [-0.39, 0.29) is 0 Å². The van der Waals surface area contributed by atoms with Crippen LogP contribution in [-0.2, 0) is 0 Å². The monoisotopic (exact) mass is 294 g/mol. The fourth-order valence-corrected chi connectivity index (χ4v) is 2.73. The van der Waals surface area contributed by atoms with Gasteiger partial charge in [-0.2, -0.15) is 4.98 Å². The summed E-state index contributed by atoms with van der Waals surface area (Å²) in [6.45, 7) is 3.94. The number of aromatic nitrogens is 1. The van der Waals surface area contributed by atoms with Gasteiger partial charge in [-0.05, 0) is 13.1 Å².